The van der Waals surface area contributed by atoms with Crippen LogP contribution in [0.4, 0.5) is 10.2 Å². The second-order valence-electron chi connectivity index (χ2n) is 5.83. The van der Waals surface area contributed by atoms with E-state index in [1.165, 1.54) is 47.2 Å². The fourth-order valence-electron chi connectivity index (χ4n) is 2.70. The first-order valence-electron chi connectivity index (χ1n) is 8.65. The quantitative estimate of drug-likeness (QED) is 0.588. The number of aromatic nitrogens is 2. The molecule has 0 atom stereocenters. The Morgan fingerprint density at radius 3 is 2.67 bits per heavy atom. The van der Waals surface area contributed by atoms with Gasteiger partial charge in [0.05, 0.1) is 25.5 Å². The van der Waals surface area contributed by atoms with Gasteiger partial charge in [-0.3, -0.25) is 9.36 Å². The van der Waals surface area contributed by atoms with Gasteiger partial charge in [-0.05, 0) is 37.3 Å². The molecule has 0 amide bonds. The first kappa shape index (κ1) is 18.8. The zero-order chi connectivity index (χ0) is 19.2. The smallest absolute Gasteiger partial charge is 0.330 e. The van der Waals surface area contributed by atoms with Crippen molar-refractivity contribution in [3.8, 4) is 5.69 Å². The zero-order valence-corrected chi connectivity index (χ0v) is 14.9. The number of esters is 1. The standard InChI is InChI=1S/C19H20FN3O4/c1-2-27-17(24)8-5-15-13-23(16-6-3-14(20)4-7-16)19(25)18(21-15)22-9-11-26-12-10-22/h3-8,13H,2,9-12H2,1H3/b8-5+. The largest absolute Gasteiger partial charge is 0.463 e. The molecule has 142 valence electrons. The number of carbonyl (C=O) groups is 1. The number of benzene rings is 1. The van der Waals surface area contributed by atoms with Gasteiger partial charge in [0.25, 0.3) is 5.56 Å². The van der Waals surface area contributed by atoms with Gasteiger partial charge in [0.1, 0.15) is 5.82 Å². The van der Waals surface area contributed by atoms with Crippen molar-refractivity contribution < 1.29 is 18.7 Å². The van der Waals surface area contributed by atoms with Gasteiger partial charge in [-0.25, -0.2) is 14.2 Å². The average molecular weight is 373 g/mol. The van der Waals surface area contributed by atoms with Crippen molar-refractivity contribution in [1.82, 2.24) is 9.55 Å². The molecule has 0 N–H and O–H groups in total. The van der Waals surface area contributed by atoms with Gasteiger partial charge in [-0.2, -0.15) is 0 Å². The molecule has 1 saturated heterocycles. The molecule has 7 nitrogen and oxygen atoms in total. The third-order valence-corrected chi connectivity index (χ3v) is 4.00. The maximum Gasteiger partial charge on any atom is 0.330 e. The predicted octanol–water partition coefficient (Wildman–Crippen LogP) is 1.78. The van der Waals surface area contributed by atoms with E-state index in [0.717, 1.165) is 0 Å². The molecule has 8 heteroatoms. The fraction of sp³-hybridized carbons (Fsp3) is 0.316. The molecule has 0 radical (unpaired) electrons. The molecule has 2 heterocycles. The maximum absolute atomic E-state index is 13.3. The van der Waals surface area contributed by atoms with Crippen LogP contribution in [0.1, 0.15) is 12.6 Å². The highest BCUT2D eigenvalue weighted by molar-refractivity contribution is 5.86. The topological polar surface area (TPSA) is 73.7 Å². The Labute approximate surface area is 155 Å². The predicted molar refractivity (Wildman–Crippen MR) is 98.5 cm³/mol. The van der Waals surface area contributed by atoms with E-state index in [4.69, 9.17) is 9.47 Å². The summed E-state index contributed by atoms with van der Waals surface area (Å²) >= 11 is 0. The Bertz CT molecular complexity index is 887. The van der Waals surface area contributed by atoms with Crippen LogP contribution in [0.2, 0.25) is 0 Å². The second-order valence-corrected chi connectivity index (χ2v) is 5.83. The van der Waals surface area contributed by atoms with Gasteiger partial charge in [-0.1, -0.05) is 0 Å². The highest BCUT2D eigenvalue weighted by atomic mass is 19.1. The summed E-state index contributed by atoms with van der Waals surface area (Å²) in [7, 11) is 0. The molecular weight excluding hydrogens is 353 g/mol. The minimum absolute atomic E-state index is 0.258. The maximum atomic E-state index is 13.3. The molecule has 0 aliphatic carbocycles. The molecule has 1 aliphatic rings. The van der Waals surface area contributed by atoms with Crippen molar-refractivity contribution in [2.75, 3.05) is 37.8 Å². The van der Waals surface area contributed by atoms with Crippen molar-refractivity contribution >= 4 is 17.9 Å². The van der Waals surface area contributed by atoms with Crippen LogP contribution < -0.4 is 10.5 Å². The number of rotatable bonds is 5. The number of ether oxygens (including phenoxy) is 2. The molecule has 0 bridgehead atoms. The average Bonchev–Trinajstić information content (AvgIpc) is 2.69. The monoisotopic (exact) mass is 373 g/mol. The van der Waals surface area contributed by atoms with Gasteiger partial charge in [0, 0.05) is 31.0 Å². The van der Waals surface area contributed by atoms with Gasteiger partial charge >= 0.3 is 5.97 Å². The summed E-state index contributed by atoms with van der Waals surface area (Å²) in [5.41, 5.74) is 0.592. The van der Waals surface area contributed by atoms with Gasteiger partial charge in [0.15, 0.2) is 5.82 Å². The van der Waals surface area contributed by atoms with E-state index in [9.17, 15) is 14.0 Å². The molecule has 0 unspecified atom stereocenters. The highest BCUT2D eigenvalue weighted by Crippen LogP contribution is 2.14. The number of nitrogens with zero attached hydrogens (tertiary/aromatic N) is 3. The number of anilines is 1. The summed E-state index contributed by atoms with van der Waals surface area (Å²) in [5.74, 6) is -0.628. The minimum Gasteiger partial charge on any atom is -0.463 e. The molecular formula is C19H20FN3O4. The van der Waals surface area contributed by atoms with E-state index >= 15 is 0 Å². The number of morpholine rings is 1. The molecule has 0 saturated carbocycles. The number of halogens is 1. The van der Waals surface area contributed by atoms with Crippen LogP contribution in [0.25, 0.3) is 11.8 Å². The van der Waals surface area contributed by atoms with E-state index in [-0.39, 0.29) is 18.0 Å². The van der Waals surface area contributed by atoms with Gasteiger partial charge in [0.2, 0.25) is 0 Å². The lowest BCUT2D eigenvalue weighted by atomic mass is 10.3. The lowest BCUT2D eigenvalue weighted by molar-refractivity contribution is -0.137. The van der Waals surface area contributed by atoms with Crippen molar-refractivity contribution in [3.05, 3.63) is 58.4 Å². The third kappa shape index (κ3) is 4.59. The van der Waals surface area contributed by atoms with E-state index in [2.05, 4.69) is 4.98 Å². The number of hydrogen-bond donors (Lipinski definition) is 0. The van der Waals surface area contributed by atoms with Gasteiger partial charge in [-0.15, -0.1) is 0 Å². The highest BCUT2D eigenvalue weighted by Gasteiger charge is 2.18. The molecule has 1 aliphatic heterocycles. The number of hydrogen-bond acceptors (Lipinski definition) is 6. The van der Waals surface area contributed by atoms with Crippen LogP contribution in [-0.4, -0.2) is 48.4 Å². The lowest BCUT2D eigenvalue weighted by Gasteiger charge is -2.27. The third-order valence-electron chi connectivity index (χ3n) is 4.00. The van der Waals surface area contributed by atoms with Crippen LogP contribution >= 0.6 is 0 Å². The first-order chi connectivity index (χ1) is 13.1. The molecule has 27 heavy (non-hydrogen) atoms. The van der Waals surface area contributed by atoms with E-state index in [1.807, 2.05) is 4.90 Å². The molecule has 1 fully saturated rings. The lowest BCUT2D eigenvalue weighted by Crippen LogP contribution is -2.41. The summed E-state index contributed by atoms with van der Waals surface area (Å²) in [6, 6.07) is 5.59. The van der Waals surface area contributed by atoms with Crippen LogP contribution in [0.3, 0.4) is 0 Å². The Morgan fingerprint density at radius 2 is 2.00 bits per heavy atom. The first-order valence-corrected chi connectivity index (χ1v) is 8.65. The molecule has 1 aromatic heterocycles. The second kappa shape index (κ2) is 8.59. The van der Waals surface area contributed by atoms with Crippen molar-refractivity contribution in [3.63, 3.8) is 0 Å². The Kier molecular flexibility index (Phi) is 5.97. The van der Waals surface area contributed by atoms with Crippen molar-refractivity contribution in [2.24, 2.45) is 0 Å². The Hall–Kier alpha value is -3.00. The normalized spacial score (nSPS) is 14.5. The summed E-state index contributed by atoms with van der Waals surface area (Å²) in [6.07, 6.45) is 4.26. The van der Waals surface area contributed by atoms with Crippen molar-refractivity contribution in [1.29, 1.82) is 0 Å². The summed E-state index contributed by atoms with van der Waals surface area (Å²) in [5, 5.41) is 0. The van der Waals surface area contributed by atoms with Crippen LogP contribution in [0.15, 0.2) is 41.3 Å². The molecule has 0 spiro atoms. The minimum atomic E-state index is -0.494. The summed E-state index contributed by atoms with van der Waals surface area (Å²) < 4.78 is 24.8. The van der Waals surface area contributed by atoms with Crippen LogP contribution in [-0.2, 0) is 14.3 Å². The van der Waals surface area contributed by atoms with Crippen LogP contribution in [0.5, 0.6) is 0 Å². The zero-order valence-electron chi connectivity index (χ0n) is 14.9. The van der Waals surface area contributed by atoms with Gasteiger partial charge < -0.3 is 14.4 Å². The van der Waals surface area contributed by atoms with Crippen molar-refractivity contribution in [2.45, 2.75) is 6.92 Å². The Balaban J connectivity index is 2.05. The SMILES string of the molecule is CCOC(=O)/C=C/c1cn(-c2ccc(F)cc2)c(=O)c(N2CCOCC2)n1. The van der Waals surface area contributed by atoms with E-state index in [0.29, 0.717) is 37.7 Å². The summed E-state index contributed by atoms with van der Waals surface area (Å²) in [4.78, 5) is 30.8. The summed E-state index contributed by atoms with van der Waals surface area (Å²) in [6.45, 7) is 4.06. The fourth-order valence-corrected chi connectivity index (χ4v) is 2.70. The molecule has 1 aromatic carbocycles. The number of carbonyl (C=O) groups excluding carboxylic acids is 1. The van der Waals surface area contributed by atoms with Crippen LogP contribution in [0, 0.1) is 5.82 Å². The molecule has 2 aromatic rings. The molecule has 3 rings (SSSR count). The van der Waals surface area contributed by atoms with E-state index in [1.54, 1.807) is 6.92 Å². The van der Waals surface area contributed by atoms with E-state index < -0.39 is 11.8 Å². The Morgan fingerprint density at radius 1 is 1.30 bits per heavy atom.